The van der Waals surface area contributed by atoms with Crippen molar-refractivity contribution in [2.24, 2.45) is 17.6 Å². The summed E-state index contributed by atoms with van der Waals surface area (Å²) in [4.78, 5) is 27.7. The van der Waals surface area contributed by atoms with E-state index in [-0.39, 0.29) is 11.9 Å². The number of fused-ring (bicyclic) bond motifs is 1. The van der Waals surface area contributed by atoms with E-state index in [4.69, 9.17) is 5.73 Å². The number of alkyl halides is 2. The molecule has 0 radical (unpaired) electrons. The Morgan fingerprint density at radius 2 is 1.89 bits per heavy atom. The van der Waals surface area contributed by atoms with Gasteiger partial charge in [-0.25, -0.2) is 8.78 Å². The van der Waals surface area contributed by atoms with Gasteiger partial charge in [-0.15, -0.1) is 0 Å². The summed E-state index contributed by atoms with van der Waals surface area (Å²) < 4.78 is 26.8. The van der Waals surface area contributed by atoms with Crippen molar-refractivity contribution in [1.29, 1.82) is 0 Å². The summed E-state index contributed by atoms with van der Waals surface area (Å²) in [5.41, 5.74) is 7.05. The molecule has 1 saturated carbocycles. The maximum Gasteiger partial charge on any atom is 0.277 e. The van der Waals surface area contributed by atoms with Gasteiger partial charge in [-0.3, -0.25) is 9.59 Å². The minimum Gasteiger partial charge on any atom is -0.350 e. The maximum absolute atomic E-state index is 13.4. The van der Waals surface area contributed by atoms with E-state index < -0.39 is 36.8 Å². The third-order valence-electron chi connectivity index (χ3n) is 5.68. The van der Waals surface area contributed by atoms with Gasteiger partial charge in [-0.1, -0.05) is 31.0 Å². The molecule has 2 amide bonds. The Balaban J connectivity index is 1.75. The van der Waals surface area contributed by atoms with E-state index in [2.05, 4.69) is 5.32 Å². The first-order valence-electron chi connectivity index (χ1n) is 9.60. The number of benzene rings is 1. The minimum absolute atomic E-state index is 0.0297. The van der Waals surface area contributed by atoms with Crippen LogP contribution in [0.15, 0.2) is 24.3 Å². The zero-order chi connectivity index (χ0) is 19.6. The fourth-order valence-corrected chi connectivity index (χ4v) is 4.24. The van der Waals surface area contributed by atoms with Crippen LogP contribution in [0, 0.1) is 11.8 Å². The summed E-state index contributed by atoms with van der Waals surface area (Å²) in [5, 5.41) is 2.31. The summed E-state index contributed by atoms with van der Waals surface area (Å²) in [5.74, 6) is -4.72. The van der Waals surface area contributed by atoms with Gasteiger partial charge in [0.25, 0.3) is 5.92 Å². The van der Waals surface area contributed by atoms with Crippen molar-refractivity contribution in [3.63, 3.8) is 0 Å². The molecule has 1 aliphatic carbocycles. The van der Waals surface area contributed by atoms with Crippen molar-refractivity contribution in [3.05, 3.63) is 29.8 Å². The molecule has 3 unspecified atom stereocenters. The van der Waals surface area contributed by atoms with E-state index >= 15 is 0 Å². The molecule has 0 saturated heterocycles. The Kier molecular flexibility index (Phi) is 5.79. The number of anilines is 1. The van der Waals surface area contributed by atoms with Gasteiger partial charge in [0.2, 0.25) is 11.8 Å². The highest BCUT2D eigenvalue weighted by Gasteiger charge is 2.42. The van der Waals surface area contributed by atoms with E-state index in [0.29, 0.717) is 12.8 Å². The number of hydrogen-bond donors (Lipinski definition) is 2. The van der Waals surface area contributed by atoms with Crippen molar-refractivity contribution in [1.82, 2.24) is 5.32 Å². The second-order valence-electron chi connectivity index (χ2n) is 7.67. The lowest BCUT2D eigenvalue weighted by Gasteiger charge is -2.34. The fraction of sp³-hybridized carbons (Fsp3) is 0.600. The van der Waals surface area contributed by atoms with Gasteiger partial charge >= 0.3 is 0 Å². The third-order valence-corrected chi connectivity index (χ3v) is 5.68. The first-order chi connectivity index (χ1) is 12.8. The second kappa shape index (κ2) is 7.92. The normalized spacial score (nSPS) is 25.2. The van der Waals surface area contributed by atoms with Crippen molar-refractivity contribution in [2.45, 2.75) is 51.0 Å². The monoisotopic (exact) mass is 379 g/mol. The molecule has 3 N–H and O–H groups in total. The lowest BCUT2D eigenvalue weighted by molar-refractivity contribution is -0.136. The molecular formula is C20H27F2N3O2. The molecule has 2 aliphatic rings. The van der Waals surface area contributed by atoms with Crippen molar-refractivity contribution in [2.75, 3.05) is 18.0 Å². The fourth-order valence-electron chi connectivity index (χ4n) is 4.24. The predicted molar refractivity (Wildman–Crippen MR) is 99.6 cm³/mol. The minimum atomic E-state index is -3.13. The highest BCUT2D eigenvalue weighted by molar-refractivity contribution is 6.00. The number of rotatable bonds is 5. The van der Waals surface area contributed by atoms with E-state index in [9.17, 15) is 18.4 Å². The lowest BCUT2D eigenvalue weighted by atomic mass is 9.77. The average molecular weight is 379 g/mol. The molecule has 0 spiro atoms. The maximum atomic E-state index is 13.4. The molecular weight excluding hydrogens is 352 g/mol. The third kappa shape index (κ3) is 4.13. The number of nitrogens with zero attached hydrogens (tertiary/aromatic N) is 1. The Morgan fingerprint density at radius 3 is 2.59 bits per heavy atom. The van der Waals surface area contributed by atoms with Crippen LogP contribution in [0.25, 0.3) is 0 Å². The SMILES string of the molecule is CC1Cc2ccccc2N1C(=O)C1CCCCC1C(=O)NCC(F)(F)CN. The second-order valence-corrected chi connectivity index (χ2v) is 7.67. The molecule has 0 bridgehead atoms. The van der Waals surface area contributed by atoms with Crippen LogP contribution in [-0.2, 0) is 16.0 Å². The number of carbonyl (C=O) groups is 2. The number of amides is 2. The van der Waals surface area contributed by atoms with Crippen LogP contribution < -0.4 is 16.0 Å². The zero-order valence-corrected chi connectivity index (χ0v) is 15.6. The van der Waals surface area contributed by atoms with E-state index in [0.717, 1.165) is 30.5 Å². The van der Waals surface area contributed by atoms with Crippen molar-refractivity contribution < 1.29 is 18.4 Å². The van der Waals surface area contributed by atoms with Crippen molar-refractivity contribution >= 4 is 17.5 Å². The Hall–Kier alpha value is -2.02. The lowest BCUT2D eigenvalue weighted by Crippen LogP contribution is -2.49. The van der Waals surface area contributed by atoms with Gasteiger partial charge in [0.1, 0.15) is 0 Å². The topological polar surface area (TPSA) is 75.4 Å². The van der Waals surface area contributed by atoms with Gasteiger partial charge in [-0.05, 0) is 37.8 Å². The molecule has 148 valence electrons. The van der Waals surface area contributed by atoms with Crippen LogP contribution in [0.3, 0.4) is 0 Å². The number of nitrogens with two attached hydrogens (primary N) is 1. The Bertz CT molecular complexity index is 710. The Morgan fingerprint density at radius 1 is 1.22 bits per heavy atom. The molecule has 5 nitrogen and oxygen atoms in total. The van der Waals surface area contributed by atoms with Crippen LogP contribution in [0.1, 0.15) is 38.2 Å². The molecule has 7 heteroatoms. The van der Waals surface area contributed by atoms with Crippen LogP contribution >= 0.6 is 0 Å². The quantitative estimate of drug-likeness (QED) is 0.825. The van der Waals surface area contributed by atoms with Gasteiger partial charge in [0.05, 0.1) is 19.0 Å². The van der Waals surface area contributed by atoms with E-state index in [1.54, 1.807) is 4.90 Å². The average Bonchev–Trinajstić information content (AvgIpc) is 3.01. The van der Waals surface area contributed by atoms with Crippen LogP contribution in [-0.4, -0.2) is 36.9 Å². The summed E-state index contributed by atoms with van der Waals surface area (Å²) in [6.07, 6.45) is 3.62. The smallest absolute Gasteiger partial charge is 0.277 e. The molecule has 1 aromatic carbocycles. The van der Waals surface area contributed by atoms with Crippen LogP contribution in [0.5, 0.6) is 0 Å². The number of halogens is 2. The number of nitrogens with one attached hydrogen (secondary N) is 1. The first-order valence-corrected chi connectivity index (χ1v) is 9.60. The zero-order valence-electron chi connectivity index (χ0n) is 15.6. The largest absolute Gasteiger partial charge is 0.350 e. The standard InChI is InChI=1S/C20H27F2N3O2/c1-13-10-14-6-2-5-9-17(14)25(13)19(27)16-8-4-3-7-15(16)18(26)24-12-20(21,22)11-23/h2,5-6,9,13,15-16H,3-4,7-8,10-12,23H2,1H3,(H,24,26). The molecule has 1 fully saturated rings. The molecule has 27 heavy (non-hydrogen) atoms. The van der Waals surface area contributed by atoms with Crippen molar-refractivity contribution in [3.8, 4) is 0 Å². The molecule has 3 rings (SSSR count). The van der Waals surface area contributed by atoms with Crippen LogP contribution in [0.2, 0.25) is 0 Å². The molecule has 3 atom stereocenters. The predicted octanol–water partition coefficient (Wildman–Crippen LogP) is 2.48. The van der Waals surface area contributed by atoms with Gasteiger partial charge < -0.3 is 16.0 Å². The number of para-hydroxylation sites is 1. The first kappa shape index (κ1) is 19.7. The molecule has 1 aliphatic heterocycles. The van der Waals surface area contributed by atoms with E-state index in [1.807, 2.05) is 31.2 Å². The number of carbonyl (C=O) groups excluding carboxylic acids is 2. The summed E-state index contributed by atoms with van der Waals surface area (Å²) in [6.45, 7) is 0.392. The van der Waals surface area contributed by atoms with Crippen LogP contribution in [0.4, 0.5) is 14.5 Å². The summed E-state index contributed by atoms with van der Waals surface area (Å²) in [7, 11) is 0. The van der Waals surface area contributed by atoms with Gasteiger partial charge in [-0.2, -0.15) is 0 Å². The molecule has 1 heterocycles. The summed E-state index contributed by atoms with van der Waals surface area (Å²) >= 11 is 0. The molecule has 0 aromatic heterocycles. The molecule has 1 aromatic rings. The van der Waals surface area contributed by atoms with E-state index in [1.165, 1.54) is 0 Å². The highest BCUT2D eigenvalue weighted by Crippen LogP contribution is 2.38. The Labute approximate surface area is 158 Å². The van der Waals surface area contributed by atoms with Gasteiger partial charge in [0.15, 0.2) is 0 Å². The summed E-state index contributed by atoms with van der Waals surface area (Å²) in [6, 6.07) is 7.82. The highest BCUT2D eigenvalue weighted by atomic mass is 19.3. The van der Waals surface area contributed by atoms with Gasteiger partial charge in [0, 0.05) is 17.6 Å². The number of hydrogen-bond acceptors (Lipinski definition) is 3.